The Hall–Kier alpha value is -2.17. The first-order chi connectivity index (χ1) is 9.06. The number of ketones is 1. The summed E-state index contributed by atoms with van der Waals surface area (Å²) in [5, 5.41) is 0. The summed E-state index contributed by atoms with van der Waals surface area (Å²) in [4.78, 5) is 36.7. The number of nitrogens with zero attached hydrogens (tertiary/aromatic N) is 1. The maximum absolute atomic E-state index is 12.0. The van der Waals surface area contributed by atoms with E-state index in [2.05, 4.69) is 0 Å². The molecule has 5 heteroatoms. The lowest BCUT2D eigenvalue weighted by Gasteiger charge is -2.26. The largest absolute Gasteiger partial charge is 0.460 e. The van der Waals surface area contributed by atoms with Gasteiger partial charge in [0.2, 0.25) is 5.91 Å². The molecule has 5 nitrogen and oxygen atoms in total. The van der Waals surface area contributed by atoms with Gasteiger partial charge in [-0.25, -0.2) is 4.79 Å². The van der Waals surface area contributed by atoms with Crippen LogP contribution in [0.4, 0.5) is 5.69 Å². The predicted molar refractivity (Wildman–Crippen MR) is 69.1 cm³/mol. The number of hydrogen-bond acceptors (Lipinski definition) is 4. The zero-order valence-electron chi connectivity index (χ0n) is 10.9. The molecule has 0 bridgehead atoms. The van der Waals surface area contributed by atoms with Crippen LogP contribution in [-0.4, -0.2) is 31.3 Å². The van der Waals surface area contributed by atoms with E-state index < -0.39 is 11.8 Å². The number of anilines is 1. The van der Waals surface area contributed by atoms with Crippen LogP contribution < -0.4 is 4.90 Å². The molecule has 0 saturated carbocycles. The second-order valence-electron chi connectivity index (χ2n) is 4.31. The fourth-order valence-electron chi connectivity index (χ4n) is 2.20. The topological polar surface area (TPSA) is 63.7 Å². The molecular formula is C14H15NO4. The number of carbonyl (C=O) groups is 3. The molecule has 0 radical (unpaired) electrons. The molecule has 1 aromatic rings. The van der Waals surface area contributed by atoms with Gasteiger partial charge in [-0.1, -0.05) is 12.1 Å². The number of fused-ring (bicyclic) bond motifs is 1. The lowest BCUT2D eigenvalue weighted by molar-refractivity contribution is -0.137. The van der Waals surface area contributed by atoms with Gasteiger partial charge in [0.05, 0.1) is 6.61 Å². The highest BCUT2D eigenvalue weighted by atomic mass is 16.5. The lowest BCUT2D eigenvalue weighted by Crippen LogP contribution is -2.32. The number of ether oxygens (including phenoxy) is 1. The lowest BCUT2D eigenvalue weighted by atomic mass is 9.94. The van der Waals surface area contributed by atoms with Crippen molar-refractivity contribution in [3.63, 3.8) is 0 Å². The third-order valence-electron chi connectivity index (χ3n) is 3.18. The van der Waals surface area contributed by atoms with Crippen molar-refractivity contribution in [2.75, 3.05) is 18.6 Å². The molecule has 0 fully saturated rings. The highest BCUT2D eigenvalue weighted by molar-refractivity contribution is 6.41. The third kappa shape index (κ3) is 2.36. The number of esters is 1. The molecule has 2 rings (SSSR count). The standard InChI is InChI=1S/C14H15NO4/c1-3-19-14(18)13(17)10-5-4-6-11-9(10)7-8-12(16)15(11)2/h4-6H,3,7-8H2,1-2H3. The van der Waals surface area contributed by atoms with Crippen LogP contribution in [0.3, 0.4) is 0 Å². The monoisotopic (exact) mass is 261 g/mol. The summed E-state index contributed by atoms with van der Waals surface area (Å²) in [5.74, 6) is -1.50. The molecule has 0 aliphatic carbocycles. The third-order valence-corrected chi connectivity index (χ3v) is 3.18. The van der Waals surface area contributed by atoms with Gasteiger partial charge in [-0.2, -0.15) is 0 Å². The van der Waals surface area contributed by atoms with Gasteiger partial charge in [0.25, 0.3) is 5.78 Å². The maximum Gasteiger partial charge on any atom is 0.379 e. The molecule has 0 atom stereocenters. The van der Waals surface area contributed by atoms with Gasteiger partial charge in [0.15, 0.2) is 0 Å². The van der Waals surface area contributed by atoms with E-state index in [0.717, 1.165) is 5.56 Å². The van der Waals surface area contributed by atoms with E-state index >= 15 is 0 Å². The Morgan fingerprint density at radius 1 is 1.32 bits per heavy atom. The van der Waals surface area contributed by atoms with Gasteiger partial charge >= 0.3 is 5.97 Å². The van der Waals surface area contributed by atoms with E-state index in [0.29, 0.717) is 24.1 Å². The van der Waals surface area contributed by atoms with Crippen molar-refractivity contribution in [2.24, 2.45) is 0 Å². The van der Waals surface area contributed by atoms with Crippen LogP contribution in [0, 0.1) is 0 Å². The summed E-state index contributed by atoms with van der Waals surface area (Å²) < 4.78 is 4.73. The Bertz CT molecular complexity index is 550. The molecule has 0 spiro atoms. The average Bonchev–Trinajstić information content (AvgIpc) is 2.42. The molecule has 100 valence electrons. The van der Waals surface area contributed by atoms with Crippen LogP contribution >= 0.6 is 0 Å². The summed E-state index contributed by atoms with van der Waals surface area (Å²) in [7, 11) is 1.67. The van der Waals surface area contributed by atoms with E-state index in [1.807, 2.05) is 0 Å². The van der Waals surface area contributed by atoms with Crippen molar-refractivity contribution < 1.29 is 19.1 Å². The Labute approximate surface area is 111 Å². The van der Waals surface area contributed by atoms with Crippen molar-refractivity contribution in [1.82, 2.24) is 0 Å². The number of rotatable bonds is 3. The van der Waals surface area contributed by atoms with Crippen LogP contribution in [-0.2, 0) is 20.7 Å². The van der Waals surface area contributed by atoms with Crippen molar-refractivity contribution in [1.29, 1.82) is 0 Å². The van der Waals surface area contributed by atoms with Gasteiger partial charge in [-0.15, -0.1) is 0 Å². The molecule has 1 heterocycles. The summed E-state index contributed by atoms with van der Waals surface area (Å²) in [6, 6.07) is 5.04. The number of carbonyl (C=O) groups excluding carboxylic acids is 3. The Morgan fingerprint density at radius 3 is 2.74 bits per heavy atom. The van der Waals surface area contributed by atoms with Crippen molar-refractivity contribution in [3.05, 3.63) is 29.3 Å². The molecule has 1 amide bonds. The van der Waals surface area contributed by atoms with E-state index in [4.69, 9.17) is 4.74 Å². The summed E-state index contributed by atoms with van der Waals surface area (Å²) >= 11 is 0. The van der Waals surface area contributed by atoms with Crippen LogP contribution in [0.15, 0.2) is 18.2 Å². The normalized spacial score (nSPS) is 14.0. The summed E-state index contributed by atoms with van der Waals surface area (Å²) in [6.45, 7) is 1.82. The number of hydrogen-bond donors (Lipinski definition) is 0. The fourth-order valence-corrected chi connectivity index (χ4v) is 2.20. The van der Waals surface area contributed by atoms with Crippen molar-refractivity contribution >= 4 is 23.3 Å². The minimum Gasteiger partial charge on any atom is -0.460 e. The van der Waals surface area contributed by atoms with Crippen LogP contribution in [0.25, 0.3) is 0 Å². The van der Waals surface area contributed by atoms with E-state index in [9.17, 15) is 14.4 Å². The van der Waals surface area contributed by atoms with Gasteiger partial charge in [0, 0.05) is 24.7 Å². The van der Waals surface area contributed by atoms with Gasteiger partial charge in [0.1, 0.15) is 0 Å². The first-order valence-corrected chi connectivity index (χ1v) is 6.16. The number of amides is 1. The Kier molecular flexibility index (Phi) is 3.64. The molecule has 0 aromatic heterocycles. The van der Waals surface area contributed by atoms with E-state index in [1.165, 1.54) is 4.90 Å². The Morgan fingerprint density at radius 2 is 2.05 bits per heavy atom. The van der Waals surface area contributed by atoms with E-state index in [1.54, 1.807) is 32.2 Å². The zero-order chi connectivity index (χ0) is 14.0. The Balaban J connectivity index is 2.41. The molecule has 0 saturated heterocycles. The summed E-state index contributed by atoms with van der Waals surface area (Å²) in [5.41, 5.74) is 1.75. The maximum atomic E-state index is 12.0. The van der Waals surface area contributed by atoms with Crippen LogP contribution in [0.5, 0.6) is 0 Å². The minimum atomic E-state index is -0.851. The highest BCUT2D eigenvalue weighted by Gasteiger charge is 2.27. The molecule has 0 unspecified atom stereocenters. The first-order valence-electron chi connectivity index (χ1n) is 6.16. The van der Waals surface area contributed by atoms with Crippen LogP contribution in [0.1, 0.15) is 29.3 Å². The second-order valence-corrected chi connectivity index (χ2v) is 4.31. The number of Topliss-reactive ketones (excluding diaryl/α,β-unsaturated/α-hetero) is 1. The quantitative estimate of drug-likeness (QED) is 0.468. The van der Waals surface area contributed by atoms with E-state index in [-0.39, 0.29) is 12.5 Å². The molecule has 1 aromatic carbocycles. The molecule has 1 aliphatic heterocycles. The SMILES string of the molecule is CCOC(=O)C(=O)c1cccc2c1CCC(=O)N2C. The van der Waals surface area contributed by atoms with Crippen LogP contribution in [0.2, 0.25) is 0 Å². The molecule has 1 aliphatic rings. The highest BCUT2D eigenvalue weighted by Crippen LogP contribution is 2.29. The first kappa shape index (κ1) is 13.3. The molecule has 19 heavy (non-hydrogen) atoms. The summed E-state index contributed by atoms with van der Waals surface area (Å²) in [6.07, 6.45) is 0.816. The molecular weight excluding hydrogens is 246 g/mol. The van der Waals surface area contributed by atoms with Gasteiger partial charge in [-0.05, 0) is 25.0 Å². The zero-order valence-corrected chi connectivity index (χ0v) is 10.9. The predicted octanol–water partition coefficient (Wildman–Crippen LogP) is 1.34. The van der Waals surface area contributed by atoms with Gasteiger partial charge < -0.3 is 9.64 Å². The fraction of sp³-hybridized carbons (Fsp3) is 0.357. The molecule has 0 N–H and O–H groups in total. The number of benzene rings is 1. The second kappa shape index (κ2) is 5.22. The van der Waals surface area contributed by atoms with Gasteiger partial charge in [-0.3, -0.25) is 9.59 Å². The smallest absolute Gasteiger partial charge is 0.379 e. The minimum absolute atomic E-state index is 0.00762. The van der Waals surface area contributed by atoms with Crippen molar-refractivity contribution in [2.45, 2.75) is 19.8 Å². The average molecular weight is 261 g/mol. The van der Waals surface area contributed by atoms with Crippen molar-refractivity contribution in [3.8, 4) is 0 Å².